The van der Waals surface area contributed by atoms with Gasteiger partial charge in [-0.05, 0) is 36.5 Å². The highest BCUT2D eigenvalue weighted by Gasteiger charge is 2.25. The van der Waals surface area contributed by atoms with Crippen molar-refractivity contribution in [1.29, 1.82) is 0 Å². The molecule has 2 rings (SSSR count). The summed E-state index contributed by atoms with van der Waals surface area (Å²) >= 11 is 0. The van der Waals surface area contributed by atoms with Crippen LogP contribution in [0.5, 0.6) is 0 Å². The Hall–Kier alpha value is -1.40. The van der Waals surface area contributed by atoms with Crippen LogP contribution in [-0.4, -0.2) is 25.5 Å². The van der Waals surface area contributed by atoms with Crippen molar-refractivity contribution in [3.8, 4) is 0 Å². The Balaban J connectivity index is 2.01. The van der Waals surface area contributed by atoms with Crippen LogP contribution in [0.2, 0.25) is 0 Å². The zero-order valence-electron chi connectivity index (χ0n) is 12.1. The zero-order valence-corrected chi connectivity index (χ0v) is 12.9. The molecule has 0 aliphatic heterocycles. The molecule has 0 amide bonds. The summed E-state index contributed by atoms with van der Waals surface area (Å²) < 4.78 is 27.2. The van der Waals surface area contributed by atoms with E-state index >= 15 is 0 Å². The Morgan fingerprint density at radius 1 is 1.24 bits per heavy atom. The van der Waals surface area contributed by atoms with Crippen LogP contribution in [0.25, 0.3) is 0 Å². The molecule has 0 saturated heterocycles. The van der Waals surface area contributed by atoms with E-state index < -0.39 is 16.0 Å². The van der Waals surface area contributed by atoms with Crippen molar-refractivity contribution in [2.75, 3.05) is 0 Å². The van der Waals surface area contributed by atoms with Crippen LogP contribution >= 0.6 is 0 Å². The second-order valence-corrected chi connectivity index (χ2v) is 7.50. The summed E-state index contributed by atoms with van der Waals surface area (Å²) in [7, 11) is -3.40. The third kappa shape index (κ3) is 4.54. The van der Waals surface area contributed by atoms with Gasteiger partial charge >= 0.3 is 5.97 Å². The number of nitrogens with one attached hydrogen (secondary N) is 1. The van der Waals surface area contributed by atoms with Crippen LogP contribution in [0.4, 0.5) is 0 Å². The Bertz CT molecular complexity index is 595. The van der Waals surface area contributed by atoms with E-state index in [0.29, 0.717) is 11.5 Å². The maximum Gasteiger partial charge on any atom is 0.335 e. The van der Waals surface area contributed by atoms with E-state index in [1.165, 1.54) is 12.1 Å². The molecule has 2 atom stereocenters. The molecule has 1 aliphatic carbocycles. The van der Waals surface area contributed by atoms with E-state index in [9.17, 15) is 13.2 Å². The van der Waals surface area contributed by atoms with E-state index in [0.717, 1.165) is 25.7 Å². The standard InChI is InChI=1S/C15H21NO4S/c1-11-4-2-3-5-14(11)16-21(19,20)10-12-6-8-13(9-7-12)15(17)18/h6-9,11,14,16H,2-5,10H2,1H3,(H,17,18). The summed E-state index contributed by atoms with van der Waals surface area (Å²) in [4.78, 5) is 10.8. The Kier molecular flexibility index (Phi) is 5.00. The van der Waals surface area contributed by atoms with Gasteiger partial charge in [0.1, 0.15) is 0 Å². The maximum absolute atomic E-state index is 12.2. The molecule has 0 aromatic heterocycles. The lowest BCUT2D eigenvalue weighted by Gasteiger charge is -2.29. The molecule has 1 fully saturated rings. The maximum atomic E-state index is 12.2. The predicted octanol–water partition coefficient (Wildman–Crippen LogP) is 2.38. The van der Waals surface area contributed by atoms with Gasteiger partial charge in [-0.25, -0.2) is 17.9 Å². The molecule has 1 saturated carbocycles. The minimum absolute atomic E-state index is 0.0158. The molecule has 0 heterocycles. The highest BCUT2D eigenvalue weighted by atomic mass is 32.2. The summed E-state index contributed by atoms with van der Waals surface area (Å²) in [6, 6.07) is 5.97. The van der Waals surface area contributed by atoms with Crippen molar-refractivity contribution in [2.24, 2.45) is 5.92 Å². The molecule has 1 aromatic rings. The van der Waals surface area contributed by atoms with Crippen molar-refractivity contribution in [2.45, 2.75) is 44.4 Å². The Labute approximate surface area is 125 Å². The first-order valence-electron chi connectivity index (χ1n) is 7.19. The van der Waals surface area contributed by atoms with Gasteiger partial charge in [0.15, 0.2) is 0 Å². The monoisotopic (exact) mass is 311 g/mol. The van der Waals surface area contributed by atoms with Gasteiger partial charge in [0.25, 0.3) is 0 Å². The summed E-state index contributed by atoms with van der Waals surface area (Å²) in [6.45, 7) is 2.08. The molecule has 0 bridgehead atoms. The first-order chi connectivity index (χ1) is 9.87. The number of rotatable bonds is 5. The number of hydrogen-bond donors (Lipinski definition) is 2. The van der Waals surface area contributed by atoms with Crippen molar-refractivity contribution >= 4 is 16.0 Å². The molecule has 0 radical (unpaired) electrons. The van der Waals surface area contributed by atoms with Crippen molar-refractivity contribution in [3.63, 3.8) is 0 Å². The summed E-state index contributed by atoms with van der Waals surface area (Å²) in [5, 5.41) is 8.82. The Morgan fingerprint density at radius 3 is 2.43 bits per heavy atom. The molecule has 1 aromatic carbocycles. The fraction of sp³-hybridized carbons (Fsp3) is 0.533. The van der Waals surface area contributed by atoms with Crippen LogP contribution in [0, 0.1) is 5.92 Å². The van der Waals surface area contributed by atoms with Gasteiger partial charge < -0.3 is 5.11 Å². The van der Waals surface area contributed by atoms with Crippen LogP contribution in [-0.2, 0) is 15.8 Å². The van der Waals surface area contributed by atoms with E-state index in [1.807, 2.05) is 0 Å². The zero-order chi connectivity index (χ0) is 15.5. The van der Waals surface area contributed by atoms with E-state index in [4.69, 9.17) is 5.11 Å². The number of benzene rings is 1. The second-order valence-electron chi connectivity index (χ2n) is 5.75. The Morgan fingerprint density at radius 2 is 1.86 bits per heavy atom. The summed E-state index contributed by atoms with van der Waals surface area (Å²) in [5.41, 5.74) is 0.751. The molecule has 5 nitrogen and oxygen atoms in total. The SMILES string of the molecule is CC1CCCCC1NS(=O)(=O)Cc1ccc(C(=O)O)cc1. The van der Waals surface area contributed by atoms with E-state index in [-0.39, 0.29) is 17.4 Å². The quantitative estimate of drug-likeness (QED) is 0.874. The molecule has 0 spiro atoms. The molecule has 2 N–H and O–H groups in total. The topological polar surface area (TPSA) is 83.5 Å². The molecule has 1 aliphatic rings. The van der Waals surface area contributed by atoms with Gasteiger partial charge in [-0.3, -0.25) is 0 Å². The normalized spacial score (nSPS) is 22.9. The van der Waals surface area contributed by atoms with Gasteiger partial charge in [-0.1, -0.05) is 31.9 Å². The fourth-order valence-corrected chi connectivity index (χ4v) is 4.25. The summed E-state index contributed by atoms with van der Waals surface area (Å²) in [5.74, 6) is -0.766. The first-order valence-corrected chi connectivity index (χ1v) is 8.85. The second kappa shape index (κ2) is 6.58. The number of carboxylic acids is 1. The molecular formula is C15H21NO4S. The number of sulfonamides is 1. The lowest BCUT2D eigenvalue weighted by Crippen LogP contribution is -2.41. The smallest absolute Gasteiger partial charge is 0.335 e. The van der Waals surface area contributed by atoms with Gasteiger partial charge in [0.05, 0.1) is 11.3 Å². The molecular weight excluding hydrogens is 290 g/mol. The average molecular weight is 311 g/mol. The molecule has 2 unspecified atom stereocenters. The molecule has 6 heteroatoms. The van der Waals surface area contributed by atoms with E-state index in [2.05, 4.69) is 11.6 Å². The lowest BCUT2D eigenvalue weighted by molar-refractivity contribution is 0.0697. The van der Waals surface area contributed by atoms with Crippen molar-refractivity contribution in [1.82, 2.24) is 4.72 Å². The lowest BCUT2D eigenvalue weighted by atomic mass is 9.87. The number of carbonyl (C=O) groups is 1. The summed E-state index contributed by atoms with van der Waals surface area (Å²) in [6.07, 6.45) is 4.17. The van der Waals surface area contributed by atoms with Crippen LogP contribution in [0.15, 0.2) is 24.3 Å². The fourth-order valence-electron chi connectivity index (χ4n) is 2.73. The van der Waals surface area contributed by atoms with Gasteiger partial charge in [0.2, 0.25) is 10.0 Å². The van der Waals surface area contributed by atoms with E-state index in [1.54, 1.807) is 12.1 Å². The first kappa shape index (κ1) is 16.0. The van der Waals surface area contributed by atoms with Crippen LogP contribution in [0.1, 0.15) is 48.5 Å². The number of carboxylic acid groups (broad SMARTS) is 1. The predicted molar refractivity (Wildman–Crippen MR) is 80.6 cm³/mol. The number of hydrogen-bond acceptors (Lipinski definition) is 3. The highest BCUT2D eigenvalue weighted by molar-refractivity contribution is 7.88. The van der Waals surface area contributed by atoms with Crippen LogP contribution in [0.3, 0.4) is 0 Å². The van der Waals surface area contributed by atoms with Crippen molar-refractivity contribution < 1.29 is 18.3 Å². The largest absolute Gasteiger partial charge is 0.478 e. The van der Waals surface area contributed by atoms with Crippen molar-refractivity contribution in [3.05, 3.63) is 35.4 Å². The third-order valence-corrected chi connectivity index (χ3v) is 5.38. The van der Waals surface area contributed by atoms with Gasteiger partial charge in [-0.15, -0.1) is 0 Å². The van der Waals surface area contributed by atoms with Gasteiger partial charge in [0, 0.05) is 6.04 Å². The minimum Gasteiger partial charge on any atom is -0.478 e. The average Bonchev–Trinajstić information content (AvgIpc) is 2.41. The third-order valence-electron chi connectivity index (χ3n) is 4.00. The molecule has 21 heavy (non-hydrogen) atoms. The highest BCUT2D eigenvalue weighted by Crippen LogP contribution is 2.24. The van der Waals surface area contributed by atoms with Gasteiger partial charge in [-0.2, -0.15) is 0 Å². The number of aromatic carboxylic acids is 1. The minimum atomic E-state index is -3.40. The molecule has 116 valence electrons. The van der Waals surface area contributed by atoms with Crippen LogP contribution < -0.4 is 4.72 Å².